The SMILES string of the molecule is Cc1c(C(F)F)nn(-c2ccc(S(C)(=O)=O)nn2)c1N(C)C1CCCCC1. The highest BCUT2D eigenvalue weighted by molar-refractivity contribution is 7.90. The molecule has 27 heavy (non-hydrogen) atoms. The summed E-state index contributed by atoms with van der Waals surface area (Å²) in [7, 11) is -1.62. The summed E-state index contributed by atoms with van der Waals surface area (Å²) in [6.45, 7) is 1.62. The van der Waals surface area contributed by atoms with Crippen LogP contribution in [-0.2, 0) is 9.84 Å². The lowest BCUT2D eigenvalue weighted by atomic mass is 9.94. The Morgan fingerprint density at radius 2 is 1.85 bits per heavy atom. The van der Waals surface area contributed by atoms with Crippen LogP contribution >= 0.6 is 0 Å². The number of anilines is 1. The molecule has 1 aliphatic rings. The van der Waals surface area contributed by atoms with E-state index in [1.165, 1.54) is 23.2 Å². The third kappa shape index (κ3) is 3.95. The van der Waals surface area contributed by atoms with E-state index in [1.54, 1.807) is 6.92 Å². The fourth-order valence-corrected chi connectivity index (χ4v) is 4.05. The monoisotopic (exact) mass is 399 g/mol. The van der Waals surface area contributed by atoms with Crippen molar-refractivity contribution in [2.24, 2.45) is 0 Å². The van der Waals surface area contributed by atoms with E-state index in [0.29, 0.717) is 11.4 Å². The fraction of sp³-hybridized carbons (Fsp3) is 0.588. The zero-order valence-corrected chi connectivity index (χ0v) is 16.4. The molecular formula is C17H23F2N5O2S. The Balaban J connectivity index is 2.07. The van der Waals surface area contributed by atoms with E-state index >= 15 is 0 Å². The van der Waals surface area contributed by atoms with Gasteiger partial charge >= 0.3 is 0 Å². The van der Waals surface area contributed by atoms with Crippen LogP contribution < -0.4 is 4.90 Å². The molecule has 1 aliphatic carbocycles. The van der Waals surface area contributed by atoms with Gasteiger partial charge in [0.05, 0.1) is 0 Å². The summed E-state index contributed by atoms with van der Waals surface area (Å²) in [5.41, 5.74) is 0.0914. The molecule has 0 unspecified atom stereocenters. The third-order valence-corrected chi connectivity index (χ3v) is 5.99. The highest BCUT2D eigenvalue weighted by Gasteiger charge is 2.28. The van der Waals surface area contributed by atoms with Gasteiger partial charge in [-0.3, -0.25) is 0 Å². The molecule has 0 N–H and O–H groups in total. The van der Waals surface area contributed by atoms with E-state index in [4.69, 9.17) is 0 Å². The first-order chi connectivity index (χ1) is 12.7. The summed E-state index contributed by atoms with van der Waals surface area (Å²) in [5.74, 6) is 0.744. The number of nitrogens with zero attached hydrogens (tertiary/aromatic N) is 5. The van der Waals surface area contributed by atoms with E-state index < -0.39 is 16.3 Å². The van der Waals surface area contributed by atoms with Gasteiger partial charge in [-0.2, -0.15) is 9.78 Å². The molecule has 1 fully saturated rings. The minimum Gasteiger partial charge on any atom is -0.356 e. The molecule has 0 saturated heterocycles. The summed E-state index contributed by atoms with van der Waals surface area (Å²) >= 11 is 0. The molecule has 7 nitrogen and oxygen atoms in total. The van der Waals surface area contributed by atoms with Gasteiger partial charge in [-0.15, -0.1) is 10.2 Å². The van der Waals surface area contributed by atoms with Gasteiger partial charge in [-0.1, -0.05) is 19.3 Å². The zero-order valence-electron chi connectivity index (χ0n) is 15.6. The average Bonchev–Trinajstić information content (AvgIpc) is 2.98. The molecule has 0 bridgehead atoms. The molecule has 0 aliphatic heterocycles. The molecule has 148 valence electrons. The van der Waals surface area contributed by atoms with Crippen molar-refractivity contribution in [3.63, 3.8) is 0 Å². The van der Waals surface area contributed by atoms with Crippen molar-refractivity contribution in [3.8, 4) is 5.82 Å². The van der Waals surface area contributed by atoms with Crippen molar-refractivity contribution in [1.29, 1.82) is 0 Å². The second-order valence-corrected chi connectivity index (χ2v) is 8.91. The molecule has 2 aromatic rings. The van der Waals surface area contributed by atoms with E-state index in [1.807, 2.05) is 11.9 Å². The number of hydrogen-bond donors (Lipinski definition) is 0. The number of rotatable bonds is 5. The lowest BCUT2D eigenvalue weighted by molar-refractivity contribution is 0.144. The van der Waals surface area contributed by atoms with Crippen LogP contribution in [0.15, 0.2) is 17.2 Å². The highest BCUT2D eigenvalue weighted by Crippen LogP contribution is 2.34. The Morgan fingerprint density at radius 1 is 1.19 bits per heavy atom. The smallest absolute Gasteiger partial charge is 0.282 e. The van der Waals surface area contributed by atoms with Gasteiger partial charge in [0.15, 0.2) is 20.7 Å². The van der Waals surface area contributed by atoms with E-state index in [-0.39, 0.29) is 22.6 Å². The van der Waals surface area contributed by atoms with Crippen LogP contribution in [0.3, 0.4) is 0 Å². The highest BCUT2D eigenvalue weighted by atomic mass is 32.2. The Labute approximate surface area is 157 Å². The predicted octanol–water partition coefficient (Wildman–Crippen LogP) is 3.08. The van der Waals surface area contributed by atoms with Crippen LogP contribution in [0.1, 0.15) is 49.8 Å². The van der Waals surface area contributed by atoms with Crippen molar-refractivity contribution in [3.05, 3.63) is 23.4 Å². The fourth-order valence-electron chi connectivity index (χ4n) is 3.55. The summed E-state index contributed by atoms with van der Waals surface area (Å²) in [6.07, 6.45) is 3.69. The maximum Gasteiger partial charge on any atom is 0.282 e. The predicted molar refractivity (Wildman–Crippen MR) is 97.2 cm³/mol. The van der Waals surface area contributed by atoms with Gasteiger partial charge in [0, 0.05) is 24.9 Å². The molecular weight excluding hydrogens is 376 g/mol. The van der Waals surface area contributed by atoms with Crippen LogP contribution in [-0.4, -0.2) is 47.7 Å². The second-order valence-electron chi connectivity index (χ2n) is 6.95. The Kier molecular flexibility index (Phi) is 5.45. The minimum atomic E-state index is -3.50. The first kappa shape index (κ1) is 19.7. The van der Waals surface area contributed by atoms with Crippen molar-refractivity contribution in [2.75, 3.05) is 18.2 Å². The molecule has 1 saturated carbocycles. The molecule has 0 amide bonds. The topological polar surface area (TPSA) is 81.0 Å². The van der Waals surface area contributed by atoms with Gasteiger partial charge in [0.1, 0.15) is 11.5 Å². The Hall–Kier alpha value is -2.10. The normalized spacial score (nSPS) is 16.1. The van der Waals surface area contributed by atoms with Crippen molar-refractivity contribution in [1.82, 2.24) is 20.0 Å². The standard InChI is InChI=1S/C17H23F2N5O2S/c1-11-15(16(18)19)22-24(13-9-10-14(21-20-13)27(3,25)26)17(11)23(2)12-7-5-4-6-8-12/h9-10,12,16H,4-8H2,1-3H3. The van der Waals surface area contributed by atoms with Gasteiger partial charge in [-0.25, -0.2) is 17.2 Å². The minimum absolute atomic E-state index is 0.175. The maximum atomic E-state index is 13.5. The van der Waals surface area contributed by atoms with Crippen molar-refractivity contribution in [2.45, 2.75) is 56.5 Å². The number of alkyl halides is 2. The quantitative estimate of drug-likeness (QED) is 0.769. The molecule has 0 radical (unpaired) electrons. The summed E-state index contributed by atoms with van der Waals surface area (Å²) in [4.78, 5) is 1.99. The van der Waals surface area contributed by atoms with Gasteiger partial charge in [0.25, 0.3) is 6.43 Å². The summed E-state index contributed by atoms with van der Waals surface area (Å²) in [5, 5.41) is 11.5. The van der Waals surface area contributed by atoms with Crippen LogP contribution in [0.4, 0.5) is 14.6 Å². The molecule has 2 heterocycles. The summed E-state index contributed by atoms with van der Waals surface area (Å²) < 4.78 is 51.4. The van der Waals surface area contributed by atoms with Crippen LogP contribution in [0, 0.1) is 6.92 Å². The van der Waals surface area contributed by atoms with Gasteiger partial charge < -0.3 is 4.90 Å². The first-order valence-electron chi connectivity index (χ1n) is 8.85. The second kappa shape index (κ2) is 7.49. The molecule has 2 aromatic heterocycles. The van der Waals surface area contributed by atoms with Gasteiger partial charge in [-0.05, 0) is 31.9 Å². The Bertz CT molecular complexity index is 906. The lowest BCUT2D eigenvalue weighted by Gasteiger charge is -2.33. The van der Waals surface area contributed by atoms with Crippen LogP contribution in [0.25, 0.3) is 5.82 Å². The van der Waals surface area contributed by atoms with Crippen molar-refractivity contribution >= 4 is 15.7 Å². The number of halogens is 2. The first-order valence-corrected chi connectivity index (χ1v) is 10.7. The maximum absolute atomic E-state index is 13.5. The molecule has 10 heteroatoms. The number of sulfone groups is 1. The molecule has 3 rings (SSSR count). The van der Waals surface area contributed by atoms with Crippen LogP contribution in [0.5, 0.6) is 0 Å². The van der Waals surface area contributed by atoms with E-state index in [0.717, 1.165) is 31.9 Å². The average molecular weight is 399 g/mol. The molecule has 0 atom stereocenters. The van der Waals surface area contributed by atoms with E-state index in [9.17, 15) is 17.2 Å². The van der Waals surface area contributed by atoms with Crippen molar-refractivity contribution < 1.29 is 17.2 Å². The molecule has 0 spiro atoms. The Morgan fingerprint density at radius 3 is 2.37 bits per heavy atom. The van der Waals surface area contributed by atoms with Gasteiger partial charge in [0.2, 0.25) is 0 Å². The van der Waals surface area contributed by atoms with E-state index in [2.05, 4.69) is 15.3 Å². The molecule has 0 aromatic carbocycles. The third-order valence-electron chi connectivity index (χ3n) is 5.01. The summed E-state index contributed by atoms with van der Waals surface area (Å²) in [6, 6.07) is 2.98. The number of aromatic nitrogens is 4. The lowest BCUT2D eigenvalue weighted by Crippen LogP contribution is -2.35. The zero-order chi connectivity index (χ0) is 19.8. The largest absolute Gasteiger partial charge is 0.356 e. The van der Waals surface area contributed by atoms with Crippen LogP contribution in [0.2, 0.25) is 0 Å². The number of hydrogen-bond acceptors (Lipinski definition) is 6.